The van der Waals surface area contributed by atoms with Crippen LogP contribution in [0.4, 0.5) is 5.69 Å². The van der Waals surface area contributed by atoms with Gasteiger partial charge in [0, 0.05) is 6.04 Å². The third-order valence-corrected chi connectivity index (χ3v) is 3.56. The molecular weight excluding hydrogens is 226 g/mol. The first-order valence-electron chi connectivity index (χ1n) is 6.46. The Balaban J connectivity index is 1.93. The summed E-state index contributed by atoms with van der Waals surface area (Å²) in [7, 11) is 0. The molecule has 1 aliphatic carbocycles. The molecule has 0 saturated heterocycles. The number of nitrogens with zero attached hydrogens (tertiary/aromatic N) is 4. The Morgan fingerprint density at radius 1 is 1.17 bits per heavy atom. The number of hydrogen-bond acceptors (Lipinski definition) is 4. The fourth-order valence-corrected chi connectivity index (χ4v) is 2.59. The van der Waals surface area contributed by atoms with Crippen LogP contribution in [0, 0.1) is 0 Å². The van der Waals surface area contributed by atoms with E-state index in [1.165, 1.54) is 32.1 Å². The van der Waals surface area contributed by atoms with E-state index >= 15 is 0 Å². The van der Waals surface area contributed by atoms with Gasteiger partial charge in [0.1, 0.15) is 12.0 Å². The Morgan fingerprint density at radius 2 is 2.00 bits per heavy atom. The maximum absolute atomic E-state index is 5.66. The molecule has 0 aromatic carbocycles. The predicted octanol–water partition coefficient (Wildman–Crippen LogP) is 2.43. The molecule has 0 aliphatic heterocycles. The average molecular weight is 243 g/mol. The Kier molecular flexibility index (Phi) is 2.96. The van der Waals surface area contributed by atoms with Crippen molar-refractivity contribution in [3.05, 3.63) is 24.7 Å². The SMILES string of the molecule is Nc1ccc(-c2nncn2C2CCCCC2)nc1. The number of aromatic nitrogens is 4. The van der Waals surface area contributed by atoms with Gasteiger partial charge < -0.3 is 10.3 Å². The van der Waals surface area contributed by atoms with Gasteiger partial charge in [-0.15, -0.1) is 10.2 Å². The first-order valence-corrected chi connectivity index (χ1v) is 6.46. The summed E-state index contributed by atoms with van der Waals surface area (Å²) in [6.45, 7) is 0. The lowest BCUT2D eigenvalue weighted by atomic mass is 9.95. The van der Waals surface area contributed by atoms with Crippen molar-refractivity contribution in [2.75, 3.05) is 5.73 Å². The summed E-state index contributed by atoms with van der Waals surface area (Å²) < 4.78 is 2.16. The number of nitrogens with two attached hydrogens (primary N) is 1. The van der Waals surface area contributed by atoms with Gasteiger partial charge in [0.2, 0.25) is 0 Å². The zero-order valence-corrected chi connectivity index (χ0v) is 10.3. The van der Waals surface area contributed by atoms with Gasteiger partial charge in [-0.2, -0.15) is 0 Å². The van der Waals surface area contributed by atoms with Crippen LogP contribution in [0.25, 0.3) is 11.5 Å². The average Bonchev–Trinajstić information content (AvgIpc) is 2.90. The zero-order chi connectivity index (χ0) is 12.4. The summed E-state index contributed by atoms with van der Waals surface area (Å²) in [6, 6.07) is 4.27. The third-order valence-electron chi connectivity index (χ3n) is 3.56. The molecule has 2 N–H and O–H groups in total. The van der Waals surface area contributed by atoms with Gasteiger partial charge >= 0.3 is 0 Å². The Morgan fingerprint density at radius 3 is 2.72 bits per heavy atom. The topological polar surface area (TPSA) is 69.6 Å². The second-order valence-electron chi connectivity index (χ2n) is 4.83. The molecule has 0 atom stereocenters. The van der Waals surface area contributed by atoms with E-state index in [9.17, 15) is 0 Å². The van der Waals surface area contributed by atoms with Crippen LogP contribution in [0.3, 0.4) is 0 Å². The molecule has 0 unspecified atom stereocenters. The van der Waals surface area contributed by atoms with Crippen molar-refractivity contribution in [3.8, 4) is 11.5 Å². The Hall–Kier alpha value is -1.91. The zero-order valence-electron chi connectivity index (χ0n) is 10.3. The summed E-state index contributed by atoms with van der Waals surface area (Å²) in [5, 5.41) is 8.24. The molecule has 2 aromatic heterocycles. The van der Waals surface area contributed by atoms with Crippen LogP contribution in [-0.2, 0) is 0 Å². The number of hydrogen-bond donors (Lipinski definition) is 1. The number of nitrogen functional groups attached to an aromatic ring is 1. The Labute approximate surface area is 106 Å². The normalized spacial score (nSPS) is 16.9. The number of rotatable bonds is 2. The molecule has 1 saturated carbocycles. The van der Waals surface area contributed by atoms with Gasteiger partial charge in [0.05, 0.1) is 11.9 Å². The van der Waals surface area contributed by atoms with Crippen molar-refractivity contribution in [2.45, 2.75) is 38.1 Å². The molecule has 18 heavy (non-hydrogen) atoms. The Bertz CT molecular complexity index is 510. The molecule has 0 amide bonds. The van der Waals surface area contributed by atoms with Crippen LogP contribution in [0.1, 0.15) is 38.1 Å². The minimum Gasteiger partial charge on any atom is -0.397 e. The van der Waals surface area contributed by atoms with Crippen molar-refractivity contribution in [2.24, 2.45) is 0 Å². The largest absolute Gasteiger partial charge is 0.397 e. The standard InChI is InChI=1S/C13H17N5/c14-10-6-7-12(15-8-10)13-17-16-9-18(13)11-4-2-1-3-5-11/h6-9,11H,1-5,14H2. The minimum atomic E-state index is 0.517. The lowest BCUT2D eigenvalue weighted by Gasteiger charge is -2.23. The van der Waals surface area contributed by atoms with Gasteiger partial charge in [-0.25, -0.2) is 0 Å². The van der Waals surface area contributed by atoms with Crippen molar-refractivity contribution < 1.29 is 0 Å². The van der Waals surface area contributed by atoms with E-state index in [-0.39, 0.29) is 0 Å². The van der Waals surface area contributed by atoms with E-state index in [0.717, 1.165) is 11.5 Å². The number of pyridine rings is 1. The highest BCUT2D eigenvalue weighted by molar-refractivity contribution is 5.52. The first-order chi connectivity index (χ1) is 8.84. The van der Waals surface area contributed by atoms with E-state index in [2.05, 4.69) is 19.7 Å². The maximum Gasteiger partial charge on any atom is 0.182 e. The monoisotopic (exact) mass is 243 g/mol. The van der Waals surface area contributed by atoms with E-state index in [0.29, 0.717) is 11.7 Å². The summed E-state index contributed by atoms with van der Waals surface area (Å²) in [5.41, 5.74) is 7.16. The van der Waals surface area contributed by atoms with E-state index in [1.807, 2.05) is 18.5 Å². The highest BCUT2D eigenvalue weighted by Crippen LogP contribution is 2.30. The first kappa shape index (κ1) is 11.2. The number of anilines is 1. The highest BCUT2D eigenvalue weighted by Gasteiger charge is 2.19. The molecule has 0 radical (unpaired) electrons. The quantitative estimate of drug-likeness (QED) is 0.879. The maximum atomic E-state index is 5.66. The molecule has 1 fully saturated rings. The van der Waals surface area contributed by atoms with E-state index < -0.39 is 0 Å². The third kappa shape index (κ3) is 2.08. The molecule has 0 bridgehead atoms. The minimum absolute atomic E-state index is 0.517. The summed E-state index contributed by atoms with van der Waals surface area (Å²) in [6.07, 6.45) is 9.82. The second kappa shape index (κ2) is 4.76. The van der Waals surface area contributed by atoms with Crippen LogP contribution < -0.4 is 5.73 Å². The van der Waals surface area contributed by atoms with Crippen LogP contribution in [-0.4, -0.2) is 19.7 Å². The molecule has 5 heteroatoms. The van der Waals surface area contributed by atoms with Crippen molar-refractivity contribution in [3.63, 3.8) is 0 Å². The van der Waals surface area contributed by atoms with Gasteiger partial charge in [-0.3, -0.25) is 4.98 Å². The predicted molar refractivity (Wildman–Crippen MR) is 69.8 cm³/mol. The highest BCUT2D eigenvalue weighted by atomic mass is 15.3. The molecule has 3 rings (SSSR count). The molecular formula is C13H17N5. The summed E-state index contributed by atoms with van der Waals surface area (Å²) in [4.78, 5) is 4.33. The fraction of sp³-hybridized carbons (Fsp3) is 0.462. The molecule has 2 heterocycles. The van der Waals surface area contributed by atoms with Crippen molar-refractivity contribution in [1.29, 1.82) is 0 Å². The van der Waals surface area contributed by atoms with Crippen LogP contribution in [0.2, 0.25) is 0 Å². The molecule has 5 nitrogen and oxygen atoms in total. The van der Waals surface area contributed by atoms with E-state index in [4.69, 9.17) is 5.73 Å². The lowest BCUT2D eigenvalue weighted by Crippen LogP contribution is -2.13. The van der Waals surface area contributed by atoms with Gasteiger partial charge in [0.15, 0.2) is 5.82 Å². The van der Waals surface area contributed by atoms with Crippen molar-refractivity contribution >= 4 is 5.69 Å². The van der Waals surface area contributed by atoms with Gasteiger partial charge in [0.25, 0.3) is 0 Å². The molecule has 0 spiro atoms. The van der Waals surface area contributed by atoms with Crippen LogP contribution in [0.15, 0.2) is 24.7 Å². The summed E-state index contributed by atoms with van der Waals surface area (Å²) >= 11 is 0. The molecule has 94 valence electrons. The summed E-state index contributed by atoms with van der Waals surface area (Å²) in [5.74, 6) is 0.849. The van der Waals surface area contributed by atoms with E-state index in [1.54, 1.807) is 6.20 Å². The van der Waals surface area contributed by atoms with Crippen LogP contribution >= 0.6 is 0 Å². The lowest BCUT2D eigenvalue weighted by molar-refractivity contribution is 0.354. The second-order valence-corrected chi connectivity index (χ2v) is 4.83. The van der Waals surface area contributed by atoms with Crippen LogP contribution in [0.5, 0.6) is 0 Å². The van der Waals surface area contributed by atoms with Crippen molar-refractivity contribution in [1.82, 2.24) is 19.7 Å². The fourth-order valence-electron chi connectivity index (χ4n) is 2.59. The smallest absolute Gasteiger partial charge is 0.182 e. The molecule has 2 aromatic rings. The van der Waals surface area contributed by atoms with Gasteiger partial charge in [-0.1, -0.05) is 19.3 Å². The van der Waals surface area contributed by atoms with Gasteiger partial charge in [-0.05, 0) is 25.0 Å². The molecule has 1 aliphatic rings.